The van der Waals surface area contributed by atoms with E-state index in [9.17, 15) is 4.79 Å². The summed E-state index contributed by atoms with van der Waals surface area (Å²) < 4.78 is 6.77. The number of rotatable bonds is 3. The van der Waals surface area contributed by atoms with Gasteiger partial charge in [-0.3, -0.25) is 0 Å². The lowest BCUT2D eigenvalue weighted by molar-refractivity contribution is -0.108. The summed E-state index contributed by atoms with van der Waals surface area (Å²) in [6.45, 7) is 0. The fourth-order valence-electron chi connectivity index (χ4n) is 0.910. The second-order valence-corrected chi connectivity index (χ2v) is 2.41. The molecule has 1 aromatic carbocycles. The van der Waals surface area contributed by atoms with Crippen LogP contribution in [0.2, 0.25) is 0 Å². The van der Waals surface area contributed by atoms with Gasteiger partial charge in [-0.15, -0.1) is 0 Å². The van der Waals surface area contributed by atoms with Crippen molar-refractivity contribution in [2.24, 2.45) is 5.73 Å². The van der Waals surface area contributed by atoms with Gasteiger partial charge in [0.25, 0.3) is 0 Å². The van der Waals surface area contributed by atoms with Gasteiger partial charge < -0.3 is 10.5 Å². The van der Waals surface area contributed by atoms with Crippen LogP contribution in [0.15, 0.2) is 30.3 Å². The molecule has 0 aliphatic rings. The fraction of sp³-hybridized carbons (Fsp3) is 0.222. The lowest BCUT2D eigenvalue weighted by Gasteiger charge is -2.02. The van der Waals surface area contributed by atoms with E-state index in [1.54, 1.807) is 0 Å². The van der Waals surface area contributed by atoms with Crippen molar-refractivity contribution in [1.82, 2.24) is 0 Å². The van der Waals surface area contributed by atoms with E-state index in [0.717, 1.165) is 5.56 Å². The molecule has 0 aliphatic carbocycles. The van der Waals surface area contributed by atoms with Crippen LogP contribution in [0.3, 0.4) is 0 Å². The van der Waals surface area contributed by atoms with Crippen LogP contribution in [-0.4, -0.2) is 12.3 Å². The van der Waals surface area contributed by atoms with Gasteiger partial charge in [0.05, 0.1) is 6.04 Å². The normalized spacial score (nSPS) is 13.7. The molecule has 1 aromatic rings. The molecule has 0 aromatic heterocycles. The van der Waals surface area contributed by atoms with Gasteiger partial charge in [0, 0.05) is 0 Å². The maximum atomic E-state index is 10.5. The Labute approximate surface area is 67.4 Å². The first-order valence-electron chi connectivity index (χ1n) is 4.00. The number of carbonyl (C=O) groups is 1. The van der Waals surface area contributed by atoms with E-state index in [0.29, 0.717) is 6.42 Å². The molecule has 0 aliphatic heterocycles. The molecule has 0 radical (unpaired) electrons. The van der Waals surface area contributed by atoms with E-state index in [4.69, 9.17) is 7.10 Å². The van der Waals surface area contributed by atoms with Gasteiger partial charge in [-0.05, 0) is 12.0 Å². The highest BCUT2D eigenvalue weighted by molar-refractivity contribution is 5.57. The van der Waals surface area contributed by atoms with Crippen molar-refractivity contribution in [2.75, 3.05) is 0 Å². The SMILES string of the molecule is [3H]C(=O)[C@@H](N)Cc1ccccc1. The lowest BCUT2D eigenvalue weighted by Crippen LogP contribution is -2.23. The molecule has 1 rings (SSSR count). The van der Waals surface area contributed by atoms with Gasteiger partial charge >= 0.3 is 0 Å². The number of hydrogen-bond acceptors (Lipinski definition) is 2. The first kappa shape index (κ1) is 6.55. The summed E-state index contributed by atoms with van der Waals surface area (Å²) in [5.74, 6) is 0. The summed E-state index contributed by atoms with van der Waals surface area (Å²) in [6.07, 6.45) is -0.262. The summed E-state index contributed by atoms with van der Waals surface area (Å²) >= 11 is 0. The van der Waals surface area contributed by atoms with Crippen LogP contribution in [0.1, 0.15) is 6.93 Å². The predicted molar refractivity (Wildman–Crippen MR) is 44.2 cm³/mol. The molecule has 0 saturated heterocycles. The zero-order chi connectivity index (χ0) is 8.97. The highest BCUT2D eigenvalue weighted by Gasteiger charge is 1.99. The van der Waals surface area contributed by atoms with Crippen molar-refractivity contribution in [3.05, 3.63) is 35.9 Å². The van der Waals surface area contributed by atoms with Gasteiger partial charge in [0.2, 0.25) is 0 Å². The Morgan fingerprint density at radius 2 is 2.18 bits per heavy atom. The molecule has 11 heavy (non-hydrogen) atoms. The number of hydrogen-bond donors (Lipinski definition) is 1. The molecule has 0 unspecified atom stereocenters. The molecule has 2 nitrogen and oxygen atoms in total. The van der Waals surface area contributed by atoms with Crippen LogP contribution >= 0.6 is 0 Å². The van der Waals surface area contributed by atoms with Crippen LogP contribution in [0.4, 0.5) is 0 Å². The molecule has 0 amide bonds. The first-order chi connectivity index (χ1) is 5.70. The van der Waals surface area contributed by atoms with Crippen LogP contribution in [-0.2, 0) is 11.2 Å². The molecule has 0 saturated carbocycles. The van der Waals surface area contributed by atoms with E-state index < -0.39 is 12.3 Å². The molecule has 0 heterocycles. The predicted octanol–water partition coefficient (Wildman–Crippen LogP) is 0.755. The number of carbonyl (C=O) groups excluding carboxylic acids is 1. The van der Waals surface area contributed by atoms with Gasteiger partial charge in [-0.1, -0.05) is 30.3 Å². The molecule has 0 bridgehead atoms. The molecule has 0 fully saturated rings. The second kappa shape index (κ2) is 3.88. The van der Waals surface area contributed by atoms with Gasteiger partial charge in [-0.25, -0.2) is 0 Å². The summed E-state index contributed by atoms with van der Waals surface area (Å²) in [4.78, 5) is 10.5. The van der Waals surface area contributed by atoms with Crippen LogP contribution in [0.25, 0.3) is 0 Å². The molecular formula is C9H11NO. The van der Waals surface area contributed by atoms with Gasteiger partial charge in [-0.2, -0.15) is 0 Å². The van der Waals surface area contributed by atoms with Crippen molar-refractivity contribution in [2.45, 2.75) is 12.5 Å². The Kier molecular flexibility index (Phi) is 2.31. The molecule has 1 atom stereocenters. The van der Waals surface area contributed by atoms with Crippen LogP contribution in [0.5, 0.6) is 0 Å². The van der Waals surface area contributed by atoms with E-state index in [1.807, 2.05) is 30.3 Å². The van der Waals surface area contributed by atoms with Crippen LogP contribution in [0, 0.1) is 0 Å². The molecular weight excluding hydrogens is 138 g/mol. The van der Waals surface area contributed by atoms with Crippen molar-refractivity contribution in [1.29, 1.82) is 0 Å². The minimum Gasteiger partial charge on any atom is -0.321 e. The number of nitrogens with two attached hydrogens (primary N) is 1. The zero-order valence-electron chi connectivity index (χ0n) is 7.16. The summed E-state index contributed by atoms with van der Waals surface area (Å²) in [6, 6.07) is 8.77. The quantitative estimate of drug-likeness (QED) is 0.648. The Hall–Kier alpha value is -1.15. The van der Waals surface area contributed by atoms with Crippen LogP contribution < -0.4 is 5.73 Å². The summed E-state index contributed by atoms with van der Waals surface area (Å²) in [5.41, 5.74) is 6.40. The number of aldehydes is 1. The average Bonchev–Trinajstić information content (AvgIpc) is 2.06. The van der Waals surface area contributed by atoms with Crippen molar-refractivity contribution in [3.8, 4) is 0 Å². The molecule has 2 heteroatoms. The minimum absolute atomic E-state index is 0.448. The average molecular weight is 151 g/mol. The van der Waals surface area contributed by atoms with Crippen molar-refractivity contribution >= 4 is 6.26 Å². The molecule has 2 N–H and O–H groups in total. The van der Waals surface area contributed by atoms with Gasteiger partial charge in [0.1, 0.15) is 7.63 Å². The Bertz CT molecular complexity index is 260. The van der Waals surface area contributed by atoms with Crippen molar-refractivity contribution in [3.63, 3.8) is 0 Å². The Balaban J connectivity index is 2.58. The Morgan fingerprint density at radius 3 is 2.73 bits per heavy atom. The zero-order valence-corrected chi connectivity index (χ0v) is 6.16. The maximum Gasteiger partial charge on any atom is 0.137 e. The minimum atomic E-state index is -0.709. The third kappa shape index (κ3) is 2.51. The summed E-state index contributed by atoms with van der Waals surface area (Å²) in [7, 11) is 0. The molecule has 58 valence electrons. The van der Waals surface area contributed by atoms with E-state index >= 15 is 0 Å². The Morgan fingerprint density at radius 1 is 1.55 bits per heavy atom. The smallest absolute Gasteiger partial charge is 0.137 e. The highest BCUT2D eigenvalue weighted by Crippen LogP contribution is 1.99. The molecule has 0 spiro atoms. The monoisotopic (exact) mass is 151 g/mol. The standard InChI is InChI=1S/C9H11NO/c10-9(7-11)6-8-4-2-1-3-5-8/h1-5,7,9H,6,10H2/t9-/m0/s1/i7T. The van der Waals surface area contributed by atoms with Crippen molar-refractivity contribution < 1.29 is 6.17 Å². The number of benzene rings is 1. The maximum absolute atomic E-state index is 10.5. The summed E-state index contributed by atoms with van der Waals surface area (Å²) in [5, 5.41) is 0. The van der Waals surface area contributed by atoms with E-state index in [-0.39, 0.29) is 0 Å². The third-order valence-electron chi connectivity index (χ3n) is 1.45. The topological polar surface area (TPSA) is 43.1 Å². The highest BCUT2D eigenvalue weighted by atomic mass is 16.1. The lowest BCUT2D eigenvalue weighted by atomic mass is 10.1. The van der Waals surface area contributed by atoms with E-state index in [2.05, 4.69) is 0 Å². The first-order valence-corrected chi connectivity index (χ1v) is 3.50. The largest absolute Gasteiger partial charge is 0.321 e. The van der Waals surface area contributed by atoms with E-state index in [1.165, 1.54) is 0 Å². The third-order valence-corrected chi connectivity index (χ3v) is 1.45. The fourth-order valence-corrected chi connectivity index (χ4v) is 0.910. The second-order valence-electron chi connectivity index (χ2n) is 2.41. The van der Waals surface area contributed by atoms with Gasteiger partial charge in [0.15, 0.2) is 0 Å².